The number of aryl methyl sites for hydroxylation is 1. The van der Waals surface area contributed by atoms with Gasteiger partial charge in [-0.1, -0.05) is 0 Å². The first-order valence-electron chi connectivity index (χ1n) is 7.14. The first-order valence-corrected chi connectivity index (χ1v) is 7.14. The third-order valence-corrected chi connectivity index (χ3v) is 3.27. The van der Waals surface area contributed by atoms with Crippen LogP contribution in [-0.2, 0) is 4.74 Å². The number of nitrogens with zero attached hydrogens (tertiary/aromatic N) is 3. The molecule has 1 aliphatic rings. The van der Waals surface area contributed by atoms with Crippen molar-refractivity contribution >= 4 is 17.5 Å². The van der Waals surface area contributed by atoms with Gasteiger partial charge in [0.2, 0.25) is 11.8 Å². The maximum atomic E-state index is 11.1. The molecule has 0 bridgehead atoms. The van der Waals surface area contributed by atoms with Crippen LogP contribution in [0.1, 0.15) is 25.0 Å². The molecule has 0 radical (unpaired) electrons. The first kappa shape index (κ1) is 15.4. The molecule has 0 atom stereocenters. The number of hydrogen-bond acceptors (Lipinski definition) is 7. The van der Waals surface area contributed by atoms with Crippen molar-refractivity contribution in [2.45, 2.75) is 26.2 Å². The fourth-order valence-electron chi connectivity index (χ4n) is 1.94. The van der Waals surface area contributed by atoms with E-state index in [2.05, 4.69) is 20.6 Å². The number of aromatic nitrogens is 2. The van der Waals surface area contributed by atoms with Gasteiger partial charge in [-0.15, -0.1) is 0 Å². The molecule has 8 heteroatoms. The Morgan fingerprint density at radius 3 is 2.81 bits per heavy atom. The Hall–Kier alpha value is -1.96. The SMILES string of the molecule is CNc1nc(C)c([N+](=O)[O-])c(NCCCOCC2CC2)n1. The molecule has 1 fully saturated rings. The van der Waals surface area contributed by atoms with Gasteiger partial charge < -0.3 is 15.4 Å². The molecule has 116 valence electrons. The second kappa shape index (κ2) is 7.16. The number of ether oxygens (including phenoxy) is 1. The summed E-state index contributed by atoms with van der Waals surface area (Å²) in [6.07, 6.45) is 3.33. The van der Waals surface area contributed by atoms with E-state index in [0.717, 1.165) is 18.9 Å². The molecule has 0 unspecified atom stereocenters. The second-order valence-corrected chi connectivity index (χ2v) is 5.14. The van der Waals surface area contributed by atoms with Crippen LogP contribution in [0.3, 0.4) is 0 Å². The summed E-state index contributed by atoms with van der Waals surface area (Å²) in [7, 11) is 1.68. The molecule has 2 rings (SSSR count). The summed E-state index contributed by atoms with van der Waals surface area (Å²) in [5, 5.41) is 16.9. The molecule has 1 heterocycles. The number of nitrogens with one attached hydrogen (secondary N) is 2. The minimum Gasteiger partial charge on any atom is -0.381 e. The third-order valence-electron chi connectivity index (χ3n) is 3.27. The zero-order valence-electron chi connectivity index (χ0n) is 12.4. The second-order valence-electron chi connectivity index (χ2n) is 5.14. The van der Waals surface area contributed by atoms with Crippen LogP contribution in [0.25, 0.3) is 0 Å². The normalized spacial score (nSPS) is 14.0. The van der Waals surface area contributed by atoms with Gasteiger partial charge in [0.15, 0.2) is 0 Å². The van der Waals surface area contributed by atoms with Crippen molar-refractivity contribution in [1.82, 2.24) is 9.97 Å². The van der Waals surface area contributed by atoms with Crippen LogP contribution < -0.4 is 10.6 Å². The lowest BCUT2D eigenvalue weighted by Crippen LogP contribution is -2.12. The summed E-state index contributed by atoms with van der Waals surface area (Å²) < 4.78 is 5.52. The Bertz CT molecular complexity index is 505. The van der Waals surface area contributed by atoms with Crippen LogP contribution in [0.4, 0.5) is 17.5 Å². The van der Waals surface area contributed by atoms with Crippen LogP contribution in [0.15, 0.2) is 0 Å². The predicted molar refractivity (Wildman–Crippen MR) is 79.6 cm³/mol. The Morgan fingerprint density at radius 2 is 2.19 bits per heavy atom. The number of hydrogen-bond donors (Lipinski definition) is 2. The van der Waals surface area contributed by atoms with Gasteiger partial charge in [-0.25, -0.2) is 4.98 Å². The average molecular weight is 295 g/mol. The lowest BCUT2D eigenvalue weighted by atomic mass is 10.3. The van der Waals surface area contributed by atoms with Gasteiger partial charge in [0.05, 0.1) is 4.92 Å². The number of rotatable bonds is 9. The molecule has 1 aliphatic carbocycles. The molecule has 2 N–H and O–H groups in total. The van der Waals surface area contributed by atoms with Crippen molar-refractivity contribution in [3.8, 4) is 0 Å². The van der Waals surface area contributed by atoms with Crippen LogP contribution in [0.2, 0.25) is 0 Å². The lowest BCUT2D eigenvalue weighted by Gasteiger charge is -2.09. The van der Waals surface area contributed by atoms with E-state index in [1.54, 1.807) is 14.0 Å². The fraction of sp³-hybridized carbons (Fsp3) is 0.692. The molecule has 0 spiro atoms. The van der Waals surface area contributed by atoms with E-state index in [1.807, 2.05) is 0 Å². The molecule has 21 heavy (non-hydrogen) atoms. The topological polar surface area (TPSA) is 102 Å². The molecular formula is C13H21N5O3. The van der Waals surface area contributed by atoms with Gasteiger partial charge in [0, 0.05) is 26.8 Å². The molecular weight excluding hydrogens is 274 g/mol. The van der Waals surface area contributed by atoms with Crippen molar-refractivity contribution < 1.29 is 9.66 Å². The summed E-state index contributed by atoms with van der Waals surface area (Å²) in [6, 6.07) is 0. The summed E-state index contributed by atoms with van der Waals surface area (Å²) >= 11 is 0. The van der Waals surface area contributed by atoms with Gasteiger partial charge in [-0.05, 0) is 32.1 Å². The van der Waals surface area contributed by atoms with Gasteiger partial charge in [-0.2, -0.15) is 4.98 Å². The predicted octanol–water partition coefficient (Wildman–Crippen LogP) is 1.96. The third kappa shape index (κ3) is 4.52. The van der Waals surface area contributed by atoms with Crippen molar-refractivity contribution in [2.24, 2.45) is 5.92 Å². The van der Waals surface area contributed by atoms with E-state index >= 15 is 0 Å². The highest BCUT2D eigenvalue weighted by Crippen LogP contribution is 2.29. The fourth-order valence-corrected chi connectivity index (χ4v) is 1.94. The smallest absolute Gasteiger partial charge is 0.332 e. The molecule has 0 aromatic carbocycles. The minimum atomic E-state index is -0.458. The highest BCUT2D eigenvalue weighted by atomic mass is 16.6. The summed E-state index contributed by atoms with van der Waals surface area (Å²) in [5.74, 6) is 1.37. The molecule has 8 nitrogen and oxygen atoms in total. The molecule has 1 aromatic heterocycles. The van der Waals surface area contributed by atoms with E-state index in [4.69, 9.17) is 4.74 Å². The van der Waals surface area contributed by atoms with Crippen molar-refractivity contribution in [2.75, 3.05) is 37.4 Å². The Labute approximate surface area is 123 Å². The zero-order chi connectivity index (χ0) is 15.2. The van der Waals surface area contributed by atoms with Gasteiger partial charge in [0.1, 0.15) is 5.69 Å². The molecule has 0 amide bonds. The summed E-state index contributed by atoms with van der Waals surface area (Å²) in [4.78, 5) is 18.8. The Morgan fingerprint density at radius 1 is 1.43 bits per heavy atom. The van der Waals surface area contributed by atoms with Crippen molar-refractivity contribution in [3.63, 3.8) is 0 Å². The number of anilines is 2. The van der Waals surface area contributed by atoms with Crippen LogP contribution in [0, 0.1) is 23.0 Å². The highest BCUT2D eigenvalue weighted by molar-refractivity contribution is 5.60. The van der Waals surface area contributed by atoms with E-state index in [1.165, 1.54) is 12.8 Å². The van der Waals surface area contributed by atoms with E-state index in [9.17, 15) is 10.1 Å². The molecule has 1 aromatic rings. The van der Waals surface area contributed by atoms with Gasteiger partial charge in [-0.3, -0.25) is 10.1 Å². The van der Waals surface area contributed by atoms with E-state index in [-0.39, 0.29) is 11.5 Å². The van der Waals surface area contributed by atoms with E-state index in [0.29, 0.717) is 24.8 Å². The zero-order valence-corrected chi connectivity index (χ0v) is 12.4. The number of nitro groups is 1. The molecule has 0 saturated heterocycles. The summed E-state index contributed by atoms with van der Waals surface area (Å²) in [5.41, 5.74) is 0.264. The van der Waals surface area contributed by atoms with Crippen molar-refractivity contribution in [3.05, 3.63) is 15.8 Å². The Balaban J connectivity index is 1.87. The maximum absolute atomic E-state index is 11.1. The lowest BCUT2D eigenvalue weighted by molar-refractivity contribution is -0.385. The van der Waals surface area contributed by atoms with Crippen LogP contribution in [-0.4, -0.2) is 41.7 Å². The average Bonchev–Trinajstić information content (AvgIpc) is 3.25. The standard InChI is InChI=1S/C13H21N5O3/c1-9-11(18(19)20)12(17-13(14-2)16-9)15-6-3-7-21-8-10-4-5-10/h10H,3-8H2,1-2H3,(H2,14,15,16,17). The maximum Gasteiger partial charge on any atom is 0.332 e. The quantitative estimate of drug-likeness (QED) is 0.408. The van der Waals surface area contributed by atoms with Crippen LogP contribution >= 0.6 is 0 Å². The van der Waals surface area contributed by atoms with E-state index < -0.39 is 4.92 Å². The summed E-state index contributed by atoms with van der Waals surface area (Å²) in [6.45, 7) is 3.66. The monoisotopic (exact) mass is 295 g/mol. The Kier molecular flexibility index (Phi) is 5.26. The molecule has 1 saturated carbocycles. The minimum absolute atomic E-state index is 0.0760. The van der Waals surface area contributed by atoms with Gasteiger partial charge in [0.25, 0.3) is 0 Å². The van der Waals surface area contributed by atoms with Crippen molar-refractivity contribution in [1.29, 1.82) is 0 Å². The van der Waals surface area contributed by atoms with Crippen LogP contribution in [0.5, 0.6) is 0 Å². The highest BCUT2D eigenvalue weighted by Gasteiger charge is 2.22. The molecule has 0 aliphatic heterocycles. The largest absolute Gasteiger partial charge is 0.381 e. The van der Waals surface area contributed by atoms with Gasteiger partial charge >= 0.3 is 5.69 Å². The first-order chi connectivity index (χ1) is 10.1.